The van der Waals surface area contributed by atoms with Crippen LogP contribution in [-0.2, 0) is 0 Å². The Labute approximate surface area is 317 Å². The lowest BCUT2D eigenvalue weighted by Gasteiger charge is -2.23. The molecule has 3 heterocycles. The van der Waals surface area contributed by atoms with Gasteiger partial charge in [-0.1, -0.05) is 97.1 Å². The van der Waals surface area contributed by atoms with Crippen molar-refractivity contribution in [1.29, 1.82) is 0 Å². The van der Waals surface area contributed by atoms with Crippen molar-refractivity contribution >= 4 is 55.4 Å². The molecule has 9 rings (SSSR count). The fraction of sp³-hybridized carbons (Fsp3) is 0. The van der Waals surface area contributed by atoms with Gasteiger partial charge in [-0.05, 0) is 119 Å². The van der Waals surface area contributed by atoms with E-state index in [0.29, 0.717) is 0 Å². The van der Waals surface area contributed by atoms with Gasteiger partial charge in [0.2, 0.25) is 0 Å². The summed E-state index contributed by atoms with van der Waals surface area (Å²) in [6.45, 7) is 0. The zero-order chi connectivity index (χ0) is 35.4. The molecule has 0 amide bonds. The molecule has 53 heavy (non-hydrogen) atoms. The largest absolute Gasteiger partial charge is 0.456 e. The fourth-order valence-electron chi connectivity index (χ4n) is 6.61. The zero-order valence-electron chi connectivity index (χ0n) is 28.7. The van der Waals surface area contributed by atoms with E-state index in [9.17, 15) is 0 Å². The zero-order valence-corrected chi connectivity index (χ0v) is 30.4. The van der Waals surface area contributed by atoms with Crippen molar-refractivity contribution in [2.75, 3.05) is 9.80 Å². The molecule has 3 nitrogen and oxygen atoms in total. The van der Waals surface area contributed by atoms with Crippen LogP contribution in [0.1, 0.15) is 0 Å². The van der Waals surface area contributed by atoms with Gasteiger partial charge < -0.3 is 14.2 Å². The normalized spacial score (nSPS) is 11.0. The predicted octanol–water partition coefficient (Wildman–Crippen LogP) is 15.0. The number of anilines is 6. The highest BCUT2D eigenvalue weighted by Gasteiger charge is 2.18. The van der Waals surface area contributed by atoms with Crippen LogP contribution in [0.3, 0.4) is 0 Å². The fourth-order valence-corrected chi connectivity index (χ4v) is 8.53. The minimum Gasteiger partial charge on any atom is -0.456 e. The van der Waals surface area contributed by atoms with E-state index < -0.39 is 0 Å². The van der Waals surface area contributed by atoms with Crippen LogP contribution in [0.5, 0.6) is 0 Å². The van der Waals surface area contributed by atoms with E-state index in [4.69, 9.17) is 4.42 Å². The second-order valence-electron chi connectivity index (χ2n) is 12.7. The van der Waals surface area contributed by atoms with Gasteiger partial charge in [0, 0.05) is 44.6 Å². The molecule has 0 aliphatic rings. The summed E-state index contributed by atoms with van der Waals surface area (Å²) in [4.78, 5) is 4.63. The predicted molar refractivity (Wildman–Crippen MR) is 226 cm³/mol. The monoisotopic (exact) mass is 718 g/mol. The van der Waals surface area contributed by atoms with E-state index in [0.717, 1.165) is 55.4 Å². The molecule has 9 aromatic rings. The first-order chi connectivity index (χ1) is 26.3. The van der Waals surface area contributed by atoms with Gasteiger partial charge in [-0.3, -0.25) is 0 Å². The van der Waals surface area contributed by atoms with E-state index in [1.54, 1.807) is 22.7 Å². The first-order valence-corrected chi connectivity index (χ1v) is 19.3. The van der Waals surface area contributed by atoms with Gasteiger partial charge in [0.25, 0.3) is 0 Å². The number of benzene rings is 6. The van der Waals surface area contributed by atoms with Gasteiger partial charge in [-0.15, -0.1) is 22.7 Å². The van der Waals surface area contributed by atoms with Crippen molar-refractivity contribution in [3.05, 3.63) is 205 Å². The maximum atomic E-state index is 6.48. The number of furan rings is 1. The van der Waals surface area contributed by atoms with E-state index in [2.05, 4.69) is 215 Å². The summed E-state index contributed by atoms with van der Waals surface area (Å²) in [5, 5.41) is 6.78. The Morgan fingerprint density at radius 3 is 1.02 bits per heavy atom. The molecule has 0 saturated carbocycles. The minimum absolute atomic E-state index is 0.835. The third-order valence-corrected chi connectivity index (χ3v) is 11.1. The molecule has 0 saturated heterocycles. The standard InChI is InChI=1S/C48H34N2OS2/c1-5-13-35(14-6-1)39-31-47(52-33-39)49(41-17-9-3-10-18-41)43-25-21-37(22-26-43)45-29-30-46(51-45)38-23-27-44(28-24-38)50(42-19-11-4-12-20-42)48-32-40(34-53-48)36-15-7-2-8-16-36/h1-34H. The van der Waals surface area contributed by atoms with Crippen LogP contribution >= 0.6 is 22.7 Å². The van der Waals surface area contributed by atoms with Gasteiger partial charge in [-0.2, -0.15) is 0 Å². The Balaban J connectivity index is 0.973. The number of rotatable bonds is 10. The van der Waals surface area contributed by atoms with E-state index in [-0.39, 0.29) is 0 Å². The highest BCUT2D eigenvalue weighted by molar-refractivity contribution is 7.15. The maximum absolute atomic E-state index is 6.48. The van der Waals surface area contributed by atoms with Crippen LogP contribution in [0.4, 0.5) is 32.8 Å². The molecule has 0 N–H and O–H groups in total. The number of thiophene rings is 2. The van der Waals surface area contributed by atoms with Crippen LogP contribution < -0.4 is 9.80 Å². The quantitative estimate of drug-likeness (QED) is 0.140. The molecule has 0 radical (unpaired) electrons. The molecule has 6 aromatic carbocycles. The average Bonchev–Trinajstić information content (AvgIpc) is 4.03. The van der Waals surface area contributed by atoms with Gasteiger partial charge in [0.15, 0.2) is 0 Å². The minimum atomic E-state index is 0.835. The van der Waals surface area contributed by atoms with Gasteiger partial charge in [-0.25, -0.2) is 0 Å². The van der Waals surface area contributed by atoms with Crippen LogP contribution in [0.15, 0.2) is 209 Å². The van der Waals surface area contributed by atoms with Gasteiger partial charge in [0.1, 0.15) is 21.5 Å². The highest BCUT2D eigenvalue weighted by Crippen LogP contribution is 2.43. The van der Waals surface area contributed by atoms with Crippen molar-refractivity contribution < 1.29 is 4.42 Å². The Morgan fingerprint density at radius 2 is 0.642 bits per heavy atom. The van der Waals surface area contributed by atoms with Crippen molar-refractivity contribution in [2.45, 2.75) is 0 Å². The Morgan fingerprint density at radius 1 is 0.302 bits per heavy atom. The number of hydrogen-bond donors (Lipinski definition) is 0. The molecule has 0 fully saturated rings. The summed E-state index contributed by atoms with van der Waals surface area (Å²) >= 11 is 3.50. The molecule has 0 bridgehead atoms. The summed E-state index contributed by atoms with van der Waals surface area (Å²) in [6, 6.07) is 68.1. The van der Waals surface area contributed by atoms with Gasteiger partial charge in [0.05, 0.1) is 0 Å². The van der Waals surface area contributed by atoms with Crippen LogP contribution in [0, 0.1) is 0 Å². The molecule has 5 heteroatoms. The Bertz CT molecular complexity index is 2360. The van der Waals surface area contributed by atoms with Crippen molar-refractivity contribution in [2.24, 2.45) is 0 Å². The lowest BCUT2D eigenvalue weighted by molar-refractivity contribution is 0.597. The third-order valence-electron chi connectivity index (χ3n) is 9.28. The summed E-state index contributed by atoms with van der Waals surface area (Å²) in [5.41, 5.74) is 11.4. The molecular formula is C48H34N2OS2. The first-order valence-electron chi connectivity index (χ1n) is 17.6. The number of hydrogen-bond acceptors (Lipinski definition) is 5. The molecule has 0 aliphatic heterocycles. The van der Waals surface area contributed by atoms with E-state index in [1.807, 2.05) is 0 Å². The summed E-state index contributed by atoms with van der Waals surface area (Å²) in [5.74, 6) is 1.67. The average molecular weight is 719 g/mol. The highest BCUT2D eigenvalue weighted by atomic mass is 32.1. The van der Waals surface area contributed by atoms with Crippen molar-refractivity contribution in [1.82, 2.24) is 0 Å². The van der Waals surface area contributed by atoms with E-state index >= 15 is 0 Å². The smallest absolute Gasteiger partial charge is 0.134 e. The third kappa shape index (κ3) is 6.84. The molecular weight excluding hydrogens is 685 g/mol. The summed E-state index contributed by atoms with van der Waals surface area (Å²) < 4.78 is 6.48. The lowest BCUT2D eigenvalue weighted by atomic mass is 10.1. The molecule has 254 valence electrons. The summed E-state index contributed by atoms with van der Waals surface area (Å²) in [7, 11) is 0. The number of para-hydroxylation sites is 2. The summed E-state index contributed by atoms with van der Waals surface area (Å²) in [6.07, 6.45) is 0. The van der Waals surface area contributed by atoms with Crippen molar-refractivity contribution in [3.8, 4) is 44.9 Å². The van der Waals surface area contributed by atoms with Crippen molar-refractivity contribution in [3.63, 3.8) is 0 Å². The topological polar surface area (TPSA) is 19.6 Å². The Hall–Kier alpha value is -6.40. The molecule has 3 aromatic heterocycles. The van der Waals surface area contributed by atoms with Crippen LogP contribution in [-0.4, -0.2) is 0 Å². The lowest BCUT2D eigenvalue weighted by Crippen LogP contribution is -2.08. The second-order valence-corrected chi connectivity index (χ2v) is 14.5. The number of nitrogens with zero attached hydrogens (tertiary/aromatic N) is 2. The van der Waals surface area contributed by atoms with Crippen LogP contribution in [0.2, 0.25) is 0 Å². The SMILES string of the molecule is c1ccc(-c2csc(N(c3ccccc3)c3ccc(-c4ccc(-c5ccc(N(c6ccccc6)c6cc(-c7ccccc7)cs6)cc5)o4)cc3)c2)cc1. The Kier molecular flexibility index (Phi) is 9.00. The second kappa shape index (κ2) is 14.7. The molecule has 0 unspecified atom stereocenters. The van der Waals surface area contributed by atoms with Gasteiger partial charge >= 0.3 is 0 Å². The molecule has 0 spiro atoms. The molecule has 0 atom stereocenters. The van der Waals surface area contributed by atoms with E-state index in [1.165, 1.54) is 22.3 Å². The maximum Gasteiger partial charge on any atom is 0.134 e. The first kappa shape index (κ1) is 32.5. The molecule has 0 aliphatic carbocycles. The van der Waals surface area contributed by atoms with Crippen LogP contribution in [0.25, 0.3) is 44.9 Å².